The molecule has 1 heterocycles. The van der Waals surface area contributed by atoms with Gasteiger partial charge < -0.3 is 9.47 Å². The molecule has 46 heavy (non-hydrogen) atoms. The fraction of sp³-hybridized carbons (Fsp3) is 0.735. The Kier molecular flexibility index (Phi) is 14.2. The number of esters is 2. The topological polar surface area (TPSA) is 82.1 Å². The lowest BCUT2D eigenvalue weighted by molar-refractivity contribution is -0.316. The van der Waals surface area contributed by atoms with Gasteiger partial charge in [0.15, 0.2) is 6.10 Å². The maximum atomic E-state index is 13.6. The van der Waals surface area contributed by atoms with E-state index in [1.54, 1.807) is 12.0 Å². The number of carbonyl (C=O) groups is 3. The molecule has 0 N–H and O–H groups in total. The van der Waals surface area contributed by atoms with Crippen LogP contribution < -0.4 is 0 Å². The van der Waals surface area contributed by atoms with Gasteiger partial charge >= 0.3 is 24.0 Å². The molecular weight excluding hydrogens is 613 g/mol. The van der Waals surface area contributed by atoms with Gasteiger partial charge in [0, 0.05) is 12.3 Å². The quantitative estimate of drug-likeness (QED) is 0.0944. The Balaban J connectivity index is 2.50. The molecule has 1 fully saturated rings. The first-order valence-electron chi connectivity index (χ1n) is 16.2. The van der Waals surface area contributed by atoms with E-state index in [2.05, 4.69) is 0 Å². The second-order valence-corrected chi connectivity index (χ2v) is 12.9. The summed E-state index contributed by atoms with van der Waals surface area (Å²) in [5, 5.41) is 1.60. The Morgan fingerprint density at radius 3 is 2.11 bits per heavy atom. The van der Waals surface area contributed by atoms with E-state index in [-0.39, 0.29) is 37.6 Å². The molecule has 262 valence electrons. The minimum absolute atomic E-state index is 0.0103. The molecule has 0 saturated carbocycles. The largest absolute Gasteiger partial charge is 0.465 e. The Morgan fingerprint density at radius 1 is 0.957 bits per heavy atom. The number of halogens is 5. The predicted octanol–water partition coefficient (Wildman–Crippen LogP) is 8.21. The fourth-order valence-corrected chi connectivity index (χ4v) is 5.86. The van der Waals surface area contributed by atoms with Gasteiger partial charge in [-0.05, 0) is 57.4 Å². The average Bonchev–Trinajstić information content (AvgIpc) is 3.00. The second-order valence-electron chi connectivity index (χ2n) is 12.9. The zero-order valence-electron chi connectivity index (χ0n) is 28.1. The number of hydrogen-bond acceptors (Lipinski definition) is 7. The maximum Gasteiger partial charge on any atom is 0.453 e. The van der Waals surface area contributed by atoms with Crippen LogP contribution in [0.5, 0.6) is 0 Å². The molecule has 2 rings (SSSR count). The summed E-state index contributed by atoms with van der Waals surface area (Å²) in [5.41, 5.74) is -0.857. The summed E-state index contributed by atoms with van der Waals surface area (Å²) in [4.78, 5) is 46.5. The Bertz CT molecular complexity index is 1150. The van der Waals surface area contributed by atoms with Gasteiger partial charge in [0.25, 0.3) is 0 Å². The van der Waals surface area contributed by atoms with E-state index < -0.39 is 66.1 Å². The summed E-state index contributed by atoms with van der Waals surface area (Å²) < 4.78 is 76.2. The van der Waals surface area contributed by atoms with E-state index >= 15 is 0 Å². The first kappa shape index (κ1) is 39.6. The summed E-state index contributed by atoms with van der Waals surface area (Å²) in [6, 6.07) is 9.37. The number of ether oxygens (including phenoxy) is 2. The van der Waals surface area contributed by atoms with Crippen molar-refractivity contribution in [3.05, 3.63) is 35.9 Å². The smallest absolute Gasteiger partial charge is 0.453 e. The molecule has 0 aliphatic carbocycles. The summed E-state index contributed by atoms with van der Waals surface area (Å²) in [6.07, 6.45) is -6.82. The highest BCUT2D eigenvalue weighted by atomic mass is 19.4. The number of ketones is 1. The van der Waals surface area contributed by atoms with Crippen LogP contribution in [0.1, 0.15) is 111 Å². The zero-order chi connectivity index (χ0) is 34.9. The monoisotopic (exact) mass is 663 g/mol. The molecule has 7 nitrogen and oxygen atoms in total. The van der Waals surface area contributed by atoms with Crippen molar-refractivity contribution in [2.75, 3.05) is 13.2 Å². The van der Waals surface area contributed by atoms with Gasteiger partial charge in [0.2, 0.25) is 0 Å². The van der Waals surface area contributed by atoms with Crippen LogP contribution in [0.15, 0.2) is 30.3 Å². The van der Waals surface area contributed by atoms with Crippen molar-refractivity contribution >= 4 is 17.7 Å². The molecule has 1 aromatic carbocycles. The van der Waals surface area contributed by atoms with Gasteiger partial charge in [0.1, 0.15) is 5.78 Å². The van der Waals surface area contributed by atoms with E-state index in [4.69, 9.17) is 14.3 Å². The van der Waals surface area contributed by atoms with Crippen LogP contribution >= 0.6 is 0 Å². The van der Waals surface area contributed by atoms with Gasteiger partial charge in [-0.2, -0.15) is 27.0 Å². The van der Waals surface area contributed by atoms with Crippen LogP contribution in [0.3, 0.4) is 0 Å². The van der Waals surface area contributed by atoms with Crippen molar-refractivity contribution < 1.29 is 50.6 Å². The molecular formula is C34H50F5NO6. The first-order chi connectivity index (χ1) is 21.4. The standard InChI is InChI=1S/C34H50F5NO6/c1-8-11-18-44-29(42)26(20-23(4)25-15-13-12-14-16-25)21-28(30(43)45-19-17-33(35,36)34(37,38)39)46-40-31(6,9-2)22-27(41)24(5)32(40,7)10-3/h12-16,23-24,26,28H,8-11,17-22H2,1-7H3. The van der Waals surface area contributed by atoms with E-state index in [0.29, 0.717) is 19.3 Å². The molecule has 0 spiro atoms. The molecule has 6 unspecified atom stereocenters. The number of nitrogens with zero attached hydrogens (tertiary/aromatic N) is 1. The number of carbonyl (C=O) groups excluding carboxylic acids is 3. The van der Waals surface area contributed by atoms with Crippen LogP contribution in [0.2, 0.25) is 0 Å². The van der Waals surface area contributed by atoms with Crippen LogP contribution in [-0.2, 0) is 28.7 Å². The van der Waals surface area contributed by atoms with Crippen LogP contribution in [0, 0.1) is 11.8 Å². The zero-order valence-corrected chi connectivity index (χ0v) is 28.1. The van der Waals surface area contributed by atoms with Crippen molar-refractivity contribution in [1.29, 1.82) is 0 Å². The fourth-order valence-electron chi connectivity index (χ4n) is 5.86. The SMILES string of the molecule is CCCCOC(=O)C(CC(ON1C(C)(CC)CC(=O)C(C)C1(C)CC)C(=O)OCCC(F)(F)C(F)(F)F)CC(C)c1ccccc1. The number of Topliss-reactive ketones (excluding diaryl/α,β-unsaturated/α-hetero) is 1. The Labute approximate surface area is 269 Å². The van der Waals surface area contributed by atoms with E-state index in [0.717, 1.165) is 12.0 Å². The Morgan fingerprint density at radius 2 is 1.57 bits per heavy atom. The number of hydroxylamine groups is 2. The molecule has 1 aromatic rings. The lowest BCUT2D eigenvalue weighted by Crippen LogP contribution is -2.67. The van der Waals surface area contributed by atoms with Gasteiger partial charge in [-0.25, -0.2) is 4.79 Å². The van der Waals surface area contributed by atoms with Crippen molar-refractivity contribution in [1.82, 2.24) is 5.06 Å². The summed E-state index contributed by atoms with van der Waals surface area (Å²) in [5.74, 6) is -8.40. The average molecular weight is 664 g/mol. The van der Waals surface area contributed by atoms with Gasteiger partial charge in [-0.3, -0.25) is 14.4 Å². The molecule has 0 bridgehead atoms. The summed E-state index contributed by atoms with van der Waals surface area (Å²) >= 11 is 0. The lowest BCUT2D eigenvalue weighted by atomic mass is 9.70. The second kappa shape index (κ2) is 16.5. The lowest BCUT2D eigenvalue weighted by Gasteiger charge is -2.56. The third-order valence-corrected chi connectivity index (χ3v) is 9.55. The number of hydrogen-bond donors (Lipinski definition) is 0. The molecule has 6 atom stereocenters. The highest BCUT2D eigenvalue weighted by Gasteiger charge is 2.57. The normalized spacial score (nSPS) is 24.7. The molecule has 12 heteroatoms. The van der Waals surface area contributed by atoms with Crippen molar-refractivity contribution in [3.8, 4) is 0 Å². The predicted molar refractivity (Wildman–Crippen MR) is 163 cm³/mol. The highest BCUT2D eigenvalue weighted by Crippen LogP contribution is 2.45. The number of unbranched alkanes of at least 4 members (excludes halogenated alkanes) is 1. The molecule has 0 radical (unpaired) electrons. The number of alkyl halides is 5. The number of rotatable bonds is 17. The third-order valence-electron chi connectivity index (χ3n) is 9.55. The van der Waals surface area contributed by atoms with Crippen LogP contribution in [0.4, 0.5) is 22.0 Å². The minimum atomic E-state index is -5.81. The Hall–Kier alpha value is -2.60. The van der Waals surface area contributed by atoms with Gasteiger partial charge in [-0.1, -0.05) is 71.4 Å². The maximum absolute atomic E-state index is 13.6. The molecule has 1 aliphatic heterocycles. The number of benzene rings is 1. The number of piperidine rings is 1. The van der Waals surface area contributed by atoms with E-state index in [1.807, 2.05) is 71.9 Å². The van der Waals surface area contributed by atoms with Gasteiger partial charge in [0.05, 0.1) is 36.6 Å². The highest BCUT2D eigenvalue weighted by molar-refractivity contribution is 5.84. The summed E-state index contributed by atoms with van der Waals surface area (Å²) in [6.45, 7) is 11.9. The van der Waals surface area contributed by atoms with Crippen molar-refractivity contribution in [2.24, 2.45) is 11.8 Å². The van der Waals surface area contributed by atoms with E-state index in [1.165, 1.54) is 0 Å². The first-order valence-corrected chi connectivity index (χ1v) is 16.2. The van der Waals surface area contributed by atoms with E-state index in [9.17, 15) is 36.3 Å². The van der Waals surface area contributed by atoms with Crippen LogP contribution in [-0.4, -0.2) is 65.3 Å². The van der Waals surface area contributed by atoms with Crippen LogP contribution in [0.25, 0.3) is 0 Å². The summed E-state index contributed by atoms with van der Waals surface area (Å²) in [7, 11) is 0. The van der Waals surface area contributed by atoms with Gasteiger partial charge in [-0.15, -0.1) is 0 Å². The molecule has 0 aromatic heterocycles. The third kappa shape index (κ3) is 9.71. The minimum Gasteiger partial charge on any atom is -0.465 e. The molecule has 1 aliphatic rings. The van der Waals surface area contributed by atoms with Crippen molar-refractivity contribution in [3.63, 3.8) is 0 Å². The molecule has 0 amide bonds. The molecule has 1 saturated heterocycles. The van der Waals surface area contributed by atoms with Crippen molar-refractivity contribution in [2.45, 2.75) is 135 Å².